The maximum atomic E-state index is 10.7. The van der Waals surface area contributed by atoms with Gasteiger partial charge in [-0.05, 0) is 0 Å². The van der Waals surface area contributed by atoms with Crippen molar-refractivity contribution in [3.63, 3.8) is 0 Å². The topological polar surface area (TPSA) is 70.5 Å². The van der Waals surface area contributed by atoms with E-state index in [1.807, 2.05) is 0 Å². The van der Waals surface area contributed by atoms with Crippen LogP contribution in [0.5, 0.6) is 0 Å². The highest BCUT2D eigenvalue weighted by molar-refractivity contribution is 7.13. The summed E-state index contributed by atoms with van der Waals surface area (Å²) in [6.07, 6.45) is 0.386. The second-order valence-corrected chi connectivity index (χ2v) is 4.11. The van der Waals surface area contributed by atoms with Gasteiger partial charge < -0.3 is 10.0 Å². The van der Waals surface area contributed by atoms with Crippen molar-refractivity contribution >= 4 is 23.7 Å². The number of nitrogens with zero attached hydrogens (tertiary/aromatic N) is 2. The largest absolute Gasteiger partial charge is 0.465 e. The van der Waals surface area contributed by atoms with Crippen LogP contribution in [0, 0.1) is 0 Å². The van der Waals surface area contributed by atoms with Crippen LogP contribution in [0.15, 0.2) is 0 Å². The van der Waals surface area contributed by atoms with E-state index >= 15 is 0 Å². The number of rotatable bonds is 1. The van der Waals surface area contributed by atoms with Crippen LogP contribution in [0.25, 0.3) is 0 Å². The summed E-state index contributed by atoms with van der Waals surface area (Å²) in [6, 6.07) is 0. The Morgan fingerprint density at radius 2 is 2.43 bits per heavy atom. The molecule has 0 saturated carbocycles. The van der Waals surface area contributed by atoms with Crippen LogP contribution in [-0.2, 0) is 13.0 Å². The van der Waals surface area contributed by atoms with E-state index in [1.54, 1.807) is 0 Å². The number of carbonyl (C=O) groups excluding carboxylic acids is 1. The molecule has 0 atom stereocenters. The summed E-state index contributed by atoms with van der Waals surface area (Å²) in [5.74, 6) is 0. The summed E-state index contributed by atoms with van der Waals surface area (Å²) in [5.41, 5.74) is 0.870. The number of carboxylic acid groups (broad SMARTS) is 1. The quantitative estimate of drug-likeness (QED) is 0.705. The minimum absolute atomic E-state index is 0.357. The predicted octanol–water partition coefficient (Wildman–Crippen LogP) is 0.992. The Bertz CT molecular complexity index is 388. The number of hydrogen-bond donors (Lipinski definition) is 1. The Morgan fingerprint density at radius 1 is 1.64 bits per heavy atom. The van der Waals surface area contributed by atoms with Gasteiger partial charge >= 0.3 is 6.09 Å². The minimum Gasteiger partial charge on any atom is -0.465 e. The molecule has 1 aliphatic heterocycles. The molecule has 1 N–H and O–H groups in total. The maximum absolute atomic E-state index is 10.7. The van der Waals surface area contributed by atoms with Crippen molar-refractivity contribution in [2.75, 3.05) is 6.54 Å². The Hall–Kier alpha value is -1.43. The van der Waals surface area contributed by atoms with Gasteiger partial charge in [0.25, 0.3) is 0 Å². The van der Waals surface area contributed by atoms with Crippen molar-refractivity contribution < 1.29 is 14.7 Å². The van der Waals surface area contributed by atoms with Gasteiger partial charge in [-0.15, -0.1) is 11.3 Å². The van der Waals surface area contributed by atoms with Gasteiger partial charge in [0.15, 0.2) is 11.3 Å². The first kappa shape index (κ1) is 9.14. The third-order valence-electron chi connectivity index (χ3n) is 2.12. The first-order valence-corrected chi connectivity index (χ1v) is 4.94. The van der Waals surface area contributed by atoms with E-state index in [-0.39, 0.29) is 0 Å². The maximum Gasteiger partial charge on any atom is 0.407 e. The Kier molecular flexibility index (Phi) is 2.20. The van der Waals surface area contributed by atoms with Crippen LogP contribution in [0.4, 0.5) is 4.79 Å². The molecule has 1 amide bonds. The number of thiazole rings is 1. The summed E-state index contributed by atoms with van der Waals surface area (Å²) < 4.78 is 0. The lowest BCUT2D eigenvalue weighted by molar-refractivity contribution is 0.112. The molecule has 5 nitrogen and oxygen atoms in total. The zero-order valence-electron chi connectivity index (χ0n) is 7.27. The second kappa shape index (κ2) is 3.38. The third-order valence-corrected chi connectivity index (χ3v) is 3.13. The summed E-state index contributed by atoms with van der Waals surface area (Å²) in [6.45, 7) is 0.820. The van der Waals surface area contributed by atoms with Gasteiger partial charge in [-0.2, -0.15) is 0 Å². The average molecular weight is 212 g/mol. The fourth-order valence-electron chi connectivity index (χ4n) is 1.43. The molecule has 0 saturated heterocycles. The van der Waals surface area contributed by atoms with Gasteiger partial charge in [-0.3, -0.25) is 4.79 Å². The minimum atomic E-state index is -0.920. The lowest BCUT2D eigenvalue weighted by Crippen LogP contribution is -2.34. The molecular weight excluding hydrogens is 204 g/mol. The predicted molar refractivity (Wildman–Crippen MR) is 49.6 cm³/mol. The Morgan fingerprint density at radius 3 is 3.07 bits per heavy atom. The van der Waals surface area contributed by atoms with Gasteiger partial charge in [-0.1, -0.05) is 0 Å². The highest BCUT2D eigenvalue weighted by Gasteiger charge is 2.23. The van der Waals surface area contributed by atoms with Crippen LogP contribution in [0.3, 0.4) is 0 Å². The first-order valence-electron chi connectivity index (χ1n) is 4.12. The molecule has 0 bridgehead atoms. The number of hydrogen-bond acceptors (Lipinski definition) is 4. The Labute approximate surface area is 84.0 Å². The molecule has 1 aliphatic rings. The highest BCUT2D eigenvalue weighted by Crippen LogP contribution is 2.24. The summed E-state index contributed by atoms with van der Waals surface area (Å²) in [5, 5.41) is 9.20. The van der Waals surface area contributed by atoms with Crippen molar-refractivity contribution in [1.82, 2.24) is 9.88 Å². The number of carbonyl (C=O) groups is 2. The molecule has 0 aliphatic carbocycles. The first-order chi connectivity index (χ1) is 6.70. The van der Waals surface area contributed by atoms with Crippen LogP contribution in [-0.4, -0.2) is 33.9 Å². The summed E-state index contributed by atoms with van der Waals surface area (Å²) in [7, 11) is 0. The highest BCUT2D eigenvalue weighted by atomic mass is 32.1. The molecule has 2 heterocycles. The molecule has 1 aromatic heterocycles. The van der Waals surface area contributed by atoms with Crippen LogP contribution >= 0.6 is 11.3 Å². The number of aldehydes is 1. The zero-order valence-corrected chi connectivity index (χ0v) is 8.08. The monoisotopic (exact) mass is 212 g/mol. The fourth-order valence-corrected chi connectivity index (χ4v) is 2.37. The van der Waals surface area contributed by atoms with Gasteiger partial charge in [-0.25, -0.2) is 9.78 Å². The molecule has 2 rings (SSSR count). The fraction of sp³-hybridized carbons (Fsp3) is 0.375. The van der Waals surface area contributed by atoms with Crippen LogP contribution < -0.4 is 0 Å². The summed E-state index contributed by atoms with van der Waals surface area (Å²) >= 11 is 1.27. The van der Waals surface area contributed by atoms with E-state index < -0.39 is 6.09 Å². The van der Waals surface area contributed by atoms with Crippen molar-refractivity contribution in [3.05, 3.63) is 15.6 Å². The van der Waals surface area contributed by atoms with Gasteiger partial charge in [0.05, 0.1) is 12.2 Å². The van der Waals surface area contributed by atoms with Gasteiger partial charge in [0.2, 0.25) is 0 Å². The number of aromatic nitrogens is 1. The lowest BCUT2D eigenvalue weighted by atomic mass is 10.2. The van der Waals surface area contributed by atoms with E-state index in [0.29, 0.717) is 30.8 Å². The van der Waals surface area contributed by atoms with E-state index in [9.17, 15) is 9.59 Å². The second-order valence-electron chi connectivity index (χ2n) is 2.99. The molecule has 6 heteroatoms. The molecule has 74 valence electrons. The molecule has 0 fully saturated rings. The zero-order chi connectivity index (χ0) is 10.1. The molecular formula is C8H8N2O3S. The lowest BCUT2D eigenvalue weighted by Gasteiger charge is -2.22. The standard InChI is InChI=1S/C8H8N2O3S/c11-4-7-9-5-1-2-10(8(12)13)3-6(5)14-7/h4H,1-3H2,(H,12,13). The number of amides is 1. The normalized spacial score (nSPS) is 15.0. The number of fused-ring (bicyclic) bond motifs is 1. The molecule has 0 radical (unpaired) electrons. The van der Waals surface area contributed by atoms with E-state index in [1.165, 1.54) is 16.2 Å². The van der Waals surface area contributed by atoms with E-state index in [2.05, 4.69) is 4.98 Å². The molecule has 0 unspecified atom stereocenters. The summed E-state index contributed by atoms with van der Waals surface area (Å²) in [4.78, 5) is 27.5. The van der Waals surface area contributed by atoms with E-state index in [0.717, 1.165) is 10.6 Å². The third kappa shape index (κ3) is 1.48. The van der Waals surface area contributed by atoms with Crippen molar-refractivity contribution in [1.29, 1.82) is 0 Å². The molecule has 1 aromatic rings. The SMILES string of the molecule is O=Cc1nc2c(s1)CN(C(=O)O)CC2. The van der Waals surface area contributed by atoms with Crippen molar-refractivity contribution in [2.24, 2.45) is 0 Å². The Balaban J connectivity index is 2.25. The van der Waals surface area contributed by atoms with E-state index in [4.69, 9.17) is 5.11 Å². The van der Waals surface area contributed by atoms with Gasteiger partial charge in [0, 0.05) is 17.8 Å². The van der Waals surface area contributed by atoms with Crippen LogP contribution in [0.1, 0.15) is 20.4 Å². The van der Waals surface area contributed by atoms with Crippen molar-refractivity contribution in [3.8, 4) is 0 Å². The van der Waals surface area contributed by atoms with Crippen LogP contribution in [0.2, 0.25) is 0 Å². The van der Waals surface area contributed by atoms with Crippen molar-refractivity contribution in [2.45, 2.75) is 13.0 Å². The van der Waals surface area contributed by atoms with Gasteiger partial charge in [0.1, 0.15) is 0 Å². The molecule has 0 spiro atoms. The average Bonchev–Trinajstić information content (AvgIpc) is 2.58. The molecule has 0 aromatic carbocycles. The smallest absolute Gasteiger partial charge is 0.407 e. The molecule has 14 heavy (non-hydrogen) atoms.